The van der Waals surface area contributed by atoms with Crippen LogP contribution in [0, 0.1) is 5.92 Å². The van der Waals surface area contributed by atoms with Crippen LogP contribution in [0.4, 0.5) is 0 Å². The van der Waals surface area contributed by atoms with Gasteiger partial charge in [-0.2, -0.15) is 0 Å². The highest BCUT2D eigenvalue weighted by Gasteiger charge is 2.24. The molecule has 0 saturated heterocycles. The van der Waals surface area contributed by atoms with Gasteiger partial charge in [0.2, 0.25) is 6.79 Å². The van der Waals surface area contributed by atoms with Gasteiger partial charge in [0.1, 0.15) is 0 Å². The van der Waals surface area contributed by atoms with Crippen LogP contribution in [0.25, 0.3) is 0 Å². The summed E-state index contributed by atoms with van der Waals surface area (Å²) in [6.45, 7) is 0.349. The average Bonchev–Trinajstić information content (AvgIpc) is 2.88. The third-order valence-electron chi connectivity index (χ3n) is 3.65. The maximum absolute atomic E-state index is 6.08. The molecule has 2 atom stereocenters. The molecule has 0 unspecified atom stereocenters. The van der Waals surface area contributed by atoms with E-state index in [1.165, 1.54) is 24.8 Å². The Bertz CT molecular complexity index is 392. The van der Waals surface area contributed by atoms with E-state index < -0.39 is 0 Å². The first-order valence-corrected chi connectivity index (χ1v) is 5.97. The lowest BCUT2D eigenvalue weighted by Crippen LogP contribution is -2.25. The lowest BCUT2D eigenvalue weighted by atomic mass is 9.95. The van der Waals surface area contributed by atoms with Crippen LogP contribution in [-0.4, -0.2) is 12.8 Å². The van der Waals surface area contributed by atoms with Gasteiger partial charge in [-0.15, -0.1) is 0 Å². The average molecular weight is 219 g/mol. The van der Waals surface area contributed by atoms with Crippen molar-refractivity contribution in [3.8, 4) is 11.5 Å². The lowest BCUT2D eigenvalue weighted by molar-refractivity contribution is 0.174. The van der Waals surface area contributed by atoms with Crippen molar-refractivity contribution in [2.24, 2.45) is 11.7 Å². The molecule has 2 N–H and O–H groups in total. The minimum atomic E-state index is 0.349. The topological polar surface area (TPSA) is 44.5 Å². The first-order valence-electron chi connectivity index (χ1n) is 5.97. The molecule has 2 aliphatic rings. The Balaban J connectivity index is 1.75. The second-order valence-corrected chi connectivity index (χ2v) is 4.75. The highest BCUT2D eigenvalue weighted by molar-refractivity contribution is 5.44. The Labute approximate surface area is 95.5 Å². The number of hydrogen-bond acceptors (Lipinski definition) is 3. The zero-order valence-corrected chi connectivity index (χ0v) is 9.32. The molecular weight excluding hydrogens is 202 g/mol. The zero-order chi connectivity index (χ0) is 11.0. The summed E-state index contributed by atoms with van der Waals surface area (Å²) < 4.78 is 10.7. The van der Waals surface area contributed by atoms with Gasteiger partial charge in [0.15, 0.2) is 11.5 Å². The fourth-order valence-corrected chi connectivity index (χ4v) is 2.69. The lowest BCUT2D eigenvalue weighted by Gasteiger charge is -2.15. The molecule has 1 fully saturated rings. The van der Waals surface area contributed by atoms with E-state index in [2.05, 4.69) is 12.1 Å². The van der Waals surface area contributed by atoms with Crippen LogP contribution >= 0.6 is 0 Å². The van der Waals surface area contributed by atoms with Gasteiger partial charge in [0, 0.05) is 6.04 Å². The number of ether oxygens (including phenoxy) is 2. The van der Waals surface area contributed by atoms with Gasteiger partial charge in [0.05, 0.1) is 0 Å². The van der Waals surface area contributed by atoms with Crippen molar-refractivity contribution in [1.29, 1.82) is 0 Å². The molecule has 0 aromatic heterocycles. The van der Waals surface area contributed by atoms with Crippen molar-refractivity contribution >= 4 is 0 Å². The van der Waals surface area contributed by atoms with Crippen molar-refractivity contribution in [2.45, 2.75) is 31.7 Å². The molecule has 0 spiro atoms. The molecule has 86 valence electrons. The van der Waals surface area contributed by atoms with Gasteiger partial charge in [0.25, 0.3) is 0 Å². The van der Waals surface area contributed by atoms with Crippen molar-refractivity contribution in [3.63, 3.8) is 0 Å². The Morgan fingerprint density at radius 2 is 2.06 bits per heavy atom. The molecule has 0 radical (unpaired) electrons. The summed E-state index contributed by atoms with van der Waals surface area (Å²) >= 11 is 0. The first-order chi connectivity index (χ1) is 7.83. The van der Waals surface area contributed by atoms with E-state index in [9.17, 15) is 0 Å². The van der Waals surface area contributed by atoms with E-state index in [4.69, 9.17) is 15.2 Å². The van der Waals surface area contributed by atoms with Crippen LogP contribution in [0.1, 0.15) is 24.8 Å². The van der Waals surface area contributed by atoms with E-state index in [-0.39, 0.29) is 0 Å². The van der Waals surface area contributed by atoms with Crippen LogP contribution < -0.4 is 15.2 Å². The Morgan fingerprint density at radius 1 is 1.19 bits per heavy atom. The first kappa shape index (κ1) is 9.97. The molecule has 3 rings (SSSR count). The highest BCUT2D eigenvalue weighted by atomic mass is 16.7. The Hall–Kier alpha value is -1.22. The van der Waals surface area contributed by atoms with Gasteiger partial charge < -0.3 is 15.2 Å². The van der Waals surface area contributed by atoms with Crippen molar-refractivity contribution in [3.05, 3.63) is 23.8 Å². The smallest absolute Gasteiger partial charge is 0.231 e. The normalized spacial score (nSPS) is 27.3. The van der Waals surface area contributed by atoms with Crippen molar-refractivity contribution < 1.29 is 9.47 Å². The molecule has 0 amide bonds. The SMILES string of the molecule is N[C@H]1CCC[C@@H]1Cc1ccc2c(c1)OCO2. The van der Waals surface area contributed by atoms with Crippen molar-refractivity contribution in [2.75, 3.05) is 6.79 Å². The molecular formula is C13H17NO2. The van der Waals surface area contributed by atoms with Gasteiger partial charge >= 0.3 is 0 Å². The van der Waals surface area contributed by atoms with E-state index >= 15 is 0 Å². The molecule has 1 saturated carbocycles. The van der Waals surface area contributed by atoms with E-state index in [1.807, 2.05) is 6.07 Å². The summed E-state index contributed by atoms with van der Waals surface area (Å²) in [4.78, 5) is 0. The minimum Gasteiger partial charge on any atom is -0.454 e. The van der Waals surface area contributed by atoms with E-state index in [0.717, 1.165) is 17.9 Å². The number of hydrogen-bond donors (Lipinski definition) is 1. The van der Waals surface area contributed by atoms with Gasteiger partial charge in [-0.05, 0) is 42.9 Å². The molecule has 16 heavy (non-hydrogen) atoms. The predicted molar refractivity (Wildman–Crippen MR) is 61.6 cm³/mol. The van der Waals surface area contributed by atoms with Gasteiger partial charge in [-0.3, -0.25) is 0 Å². The number of nitrogens with two attached hydrogens (primary N) is 1. The minimum absolute atomic E-state index is 0.349. The van der Waals surface area contributed by atoms with E-state index in [0.29, 0.717) is 18.8 Å². The Morgan fingerprint density at radius 3 is 2.88 bits per heavy atom. The van der Waals surface area contributed by atoms with Crippen LogP contribution in [-0.2, 0) is 6.42 Å². The monoisotopic (exact) mass is 219 g/mol. The summed E-state index contributed by atoms with van der Waals surface area (Å²) in [5.74, 6) is 2.38. The molecule has 1 aromatic rings. The third-order valence-corrected chi connectivity index (χ3v) is 3.65. The van der Waals surface area contributed by atoms with Crippen LogP contribution in [0.5, 0.6) is 11.5 Å². The molecule has 1 aromatic carbocycles. The van der Waals surface area contributed by atoms with Gasteiger partial charge in [-0.25, -0.2) is 0 Å². The second-order valence-electron chi connectivity index (χ2n) is 4.75. The molecule has 1 heterocycles. The summed E-state index contributed by atoms with van der Waals surface area (Å²) in [6, 6.07) is 6.59. The quantitative estimate of drug-likeness (QED) is 0.828. The largest absolute Gasteiger partial charge is 0.454 e. The standard InChI is InChI=1S/C13H17NO2/c14-11-3-1-2-10(11)6-9-4-5-12-13(7-9)16-8-15-12/h4-5,7,10-11H,1-3,6,8,14H2/t10-,11+/m1/s1. The second kappa shape index (κ2) is 3.98. The van der Waals surface area contributed by atoms with Crippen LogP contribution in [0.2, 0.25) is 0 Å². The maximum atomic E-state index is 6.08. The molecule has 3 heteroatoms. The van der Waals surface area contributed by atoms with Gasteiger partial charge in [-0.1, -0.05) is 12.5 Å². The fraction of sp³-hybridized carbons (Fsp3) is 0.538. The fourth-order valence-electron chi connectivity index (χ4n) is 2.69. The molecule has 1 aliphatic heterocycles. The Kier molecular flexibility index (Phi) is 2.48. The number of rotatable bonds is 2. The molecule has 3 nitrogen and oxygen atoms in total. The van der Waals surface area contributed by atoms with Crippen molar-refractivity contribution in [1.82, 2.24) is 0 Å². The summed E-state index contributed by atoms with van der Waals surface area (Å²) in [5, 5.41) is 0. The third kappa shape index (κ3) is 1.76. The van der Waals surface area contributed by atoms with Crippen LogP contribution in [0.3, 0.4) is 0 Å². The van der Waals surface area contributed by atoms with E-state index in [1.54, 1.807) is 0 Å². The summed E-state index contributed by atoms with van der Waals surface area (Å²) in [5.41, 5.74) is 7.40. The molecule has 1 aliphatic carbocycles. The maximum Gasteiger partial charge on any atom is 0.231 e. The predicted octanol–water partition coefficient (Wildman–Crippen LogP) is 2.09. The number of benzene rings is 1. The zero-order valence-electron chi connectivity index (χ0n) is 9.32. The summed E-state index contributed by atoms with van der Waals surface area (Å²) in [7, 11) is 0. The highest BCUT2D eigenvalue weighted by Crippen LogP contribution is 2.34. The van der Waals surface area contributed by atoms with Crippen LogP contribution in [0.15, 0.2) is 18.2 Å². The summed E-state index contributed by atoms with van der Waals surface area (Å²) in [6.07, 6.45) is 4.78. The molecule has 0 bridgehead atoms. The number of fused-ring (bicyclic) bond motifs is 1.